The van der Waals surface area contributed by atoms with E-state index in [1.54, 1.807) is 0 Å². The van der Waals surface area contributed by atoms with Crippen LogP contribution in [0.1, 0.15) is 17.7 Å². The molecule has 3 aromatic rings. The minimum Gasteiger partial charge on any atom is -0.497 e. The number of rotatable bonds is 4. The molecular formula is C19H14F6N2O2. The molecule has 0 aliphatic heterocycles. The van der Waals surface area contributed by atoms with Crippen LogP contribution in [0.3, 0.4) is 0 Å². The van der Waals surface area contributed by atoms with Crippen LogP contribution in [0.5, 0.6) is 5.75 Å². The Morgan fingerprint density at radius 3 is 2.24 bits per heavy atom. The van der Waals surface area contributed by atoms with Gasteiger partial charge in [-0.3, -0.25) is 9.20 Å². The average Bonchev–Trinajstić information content (AvgIpc) is 2.65. The van der Waals surface area contributed by atoms with Crippen molar-refractivity contribution in [3.63, 3.8) is 0 Å². The number of fused-ring (bicyclic) bond motifs is 1. The van der Waals surface area contributed by atoms with Crippen LogP contribution in [0, 0.1) is 0 Å². The number of halogens is 6. The number of aromatic nitrogens is 2. The SMILES string of the molecule is COc1ccn2c(=O)c(-c3ccc(CCC(F)(F)F)cc3)c(C(F)(F)F)nc2c1. The summed E-state index contributed by atoms with van der Waals surface area (Å²) in [6.45, 7) is 0. The molecule has 0 saturated carbocycles. The van der Waals surface area contributed by atoms with Crippen LogP contribution in [-0.2, 0) is 12.6 Å². The maximum absolute atomic E-state index is 13.6. The molecule has 0 unspecified atom stereocenters. The zero-order valence-electron chi connectivity index (χ0n) is 14.9. The molecule has 0 bridgehead atoms. The number of methoxy groups -OCH3 is 1. The van der Waals surface area contributed by atoms with Gasteiger partial charge in [-0.25, -0.2) is 4.98 Å². The first-order chi connectivity index (χ1) is 13.5. The molecule has 4 nitrogen and oxygen atoms in total. The summed E-state index contributed by atoms with van der Waals surface area (Å²) < 4.78 is 83.7. The van der Waals surface area contributed by atoms with Gasteiger partial charge in [0.15, 0.2) is 5.69 Å². The second kappa shape index (κ2) is 7.41. The third-order valence-corrected chi connectivity index (χ3v) is 4.25. The zero-order chi connectivity index (χ0) is 21.4. The molecule has 0 amide bonds. The molecule has 0 fully saturated rings. The maximum atomic E-state index is 13.6. The third kappa shape index (κ3) is 4.52. The summed E-state index contributed by atoms with van der Waals surface area (Å²) in [5.74, 6) is 0.229. The van der Waals surface area contributed by atoms with Crippen LogP contribution < -0.4 is 10.3 Å². The van der Waals surface area contributed by atoms with E-state index in [0.717, 1.165) is 4.40 Å². The Morgan fingerprint density at radius 1 is 1.03 bits per heavy atom. The van der Waals surface area contributed by atoms with Crippen molar-refractivity contribution in [1.82, 2.24) is 9.38 Å². The highest BCUT2D eigenvalue weighted by Crippen LogP contribution is 2.34. The highest BCUT2D eigenvalue weighted by Gasteiger charge is 2.38. The number of pyridine rings is 1. The molecule has 2 aromatic heterocycles. The second-order valence-corrected chi connectivity index (χ2v) is 6.25. The lowest BCUT2D eigenvalue weighted by molar-refractivity contribution is -0.140. The van der Waals surface area contributed by atoms with Gasteiger partial charge in [0.25, 0.3) is 5.56 Å². The Morgan fingerprint density at radius 2 is 1.69 bits per heavy atom. The van der Waals surface area contributed by atoms with E-state index in [2.05, 4.69) is 4.98 Å². The lowest BCUT2D eigenvalue weighted by Crippen LogP contribution is -2.24. The number of hydrogen-bond acceptors (Lipinski definition) is 3. The Bertz CT molecular complexity index is 1090. The summed E-state index contributed by atoms with van der Waals surface area (Å²) in [6.07, 6.45) is -9.39. The molecular weight excluding hydrogens is 402 g/mol. The van der Waals surface area contributed by atoms with Crippen molar-refractivity contribution in [2.24, 2.45) is 0 Å². The van der Waals surface area contributed by atoms with Crippen molar-refractivity contribution in [1.29, 1.82) is 0 Å². The molecule has 0 aliphatic carbocycles. The minimum absolute atomic E-state index is 0.0872. The van der Waals surface area contributed by atoms with Gasteiger partial charge in [0, 0.05) is 18.7 Å². The Hall–Kier alpha value is -3.04. The molecule has 0 N–H and O–H groups in total. The molecule has 0 aliphatic rings. The van der Waals surface area contributed by atoms with Gasteiger partial charge in [0.2, 0.25) is 0 Å². The van der Waals surface area contributed by atoms with Gasteiger partial charge in [-0.15, -0.1) is 0 Å². The van der Waals surface area contributed by atoms with Crippen LogP contribution in [0.2, 0.25) is 0 Å². The van der Waals surface area contributed by atoms with Crippen LogP contribution in [0.4, 0.5) is 26.3 Å². The van der Waals surface area contributed by atoms with E-state index in [0.29, 0.717) is 5.56 Å². The maximum Gasteiger partial charge on any atom is 0.434 e. The van der Waals surface area contributed by atoms with Crippen molar-refractivity contribution in [2.45, 2.75) is 25.2 Å². The van der Waals surface area contributed by atoms with Crippen molar-refractivity contribution >= 4 is 5.65 Å². The quantitative estimate of drug-likeness (QED) is 0.570. The lowest BCUT2D eigenvalue weighted by atomic mass is 10.0. The molecule has 0 radical (unpaired) electrons. The fourth-order valence-corrected chi connectivity index (χ4v) is 2.84. The van der Waals surface area contributed by atoms with E-state index in [9.17, 15) is 31.1 Å². The molecule has 154 valence electrons. The fourth-order valence-electron chi connectivity index (χ4n) is 2.84. The lowest BCUT2D eigenvalue weighted by Gasteiger charge is -2.14. The first-order valence-electron chi connectivity index (χ1n) is 8.33. The zero-order valence-corrected chi connectivity index (χ0v) is 14.9. The van der Waals surface area contributed by atoms with E-state index in [1.807, 2.05) is 0 Å². The topological polar surface area (TPSA) is 43.6 Å². The van der Waals surface area contributed by atoms with Crippen molar-refractivity contribution in [3.8, 4) is 16.9 Å². The summed E-state index contributed by atoms with van der Waals surface area (Å²) in [5.41, 5.74) is -3.05. The molecule has 0 saturated heterocycles. The van der Waals surface area contributed by atoms with Crippen molar-refractivity contribution in [2.75, 3.05) is 7.11 Å². The van der Waals surface area contributed by atoms with E-state index in [1.165, 1.54) is 49.7 Å². The Kier molecular flexibility index (Phi) is 5.29. The van der Waals surface area contributed by atoms with Gasteiger partial charge in [-0.1, -0.05) is 24.3 Å². The number of hydrogen-bond donors (Lipinski definition) is 0. The van der Waals surface area contributed by atoms with Gasteiger partial charge in [0.1, 0.15) is 11.4 Å². The number of aryl methyl sites for hydroxylation is 1. The van der Waals surface area contributed by atoms with Crippen LogP contribution in [0.15, 0.2) is 47.4 Å². The first kappa shape index (κ1) is 20.7. The van der Waals surface area contributed by atoms with Crippen LogP contribution >= 0.6 is 0 Å². The van der Waals surface area contributed by atoms with Crippen LogP contribution in [-0.4, -0.2) is 22.7 Å². The van der Waals surface area contributed by atoms with Crippen molar-refractivity contribution < 1.29 is 31.1 Å². The Balaban J connectivity index is 2.13. The summed E-state index contributed by atoms with van der Waals surface area (Å²) in [5, 5.41) is 0. The summed E-state index contributed by atoms with van der Waals surface area (Å²) in [4.78, 5) is 16.4. The Labute approximate surface area is 160 Å². The normalized spacial score (nSPS) is 12.4. The molecule has 2 heterocycles. The van der Waals surface area contributed by atoms with E-state index in [-0.39, 0.29) is 23.4 Å². The van der Waals surface area contributed by atoms with E-state index in [4.69, 9.17) is 4.74 Å². The van der Waals surface area contributed by atoms with Gasteiger partial charge in [-0.2, -0.15) is 26.3 Å². The number of alkyl halides is 6. The standard InChI is InChI=1S/C19H14F6N2O2/c1-29-13-7-9-27-14(10-13)26-16(19(23,24)25)15(17(27)28)12-4-2-11(3-5-12)6-8-18(20,21)22/h2-5,7,9-10H,6,8H2,1H3. The number of nitrogens with zero attached hydrogens (tertiary/aromatic N) is 2. The number of benzene rings is 1. The van der Waals surface area contributed by atoms with Gasteiger partial charge < -0.3 is 4.74 Å². The highest BCUT2D eigenvalue weighted by atomic mass is 19.4. The summed E-state index contributed by atoms with van der Waals surface area (Å²) in [7, 11) is 1.32. The third-order valence-electron chi connectivity index (χ3n) is 4.25. The fraction of sp³-hybridized carbons (Fsp3) is 0.263. The molecule has 3 rings (SSSR count). The molecule has 10 heteroatoms. The average molecular weight is 416 g/mol. The number of ether oxygens (including phenoxy) is 1. The first-order valence-corrected chi connectivity index (χ1v) is 8.33. The van der Waals surface area contributed by atoms with Gasteiger partial charge in [0.05, 0.1) is 12.7 Å². The second-order valence-electron chi connectivity index (χ2n) is 6.25. The van der Waals surface area contributed by atoms with E-state index < -0.39 is 35.6 Å². The summed E-state index contributed by atoms with van der Waals surface area (Å²) >= 11 is 0. The van der Waals surface area contributed by atoms with Gasteiger partial charge in [-0.05, 0) is 23.6 Å². The molecule has 29 heavy (non-hydrogen) atoms. The monoisotopic (exact) mass is 416 g/mol. The largest absolute Gasteiger partial charge is 0.497 e. The molecule has 1 aromatic carbocycles. The summed E-state index contributed by atoms with van der Waals surface area (Å²) in [6, 6.07) is 7.51. The van der Waals surface area contributed by atoms with E-state index >= 15 is 0 Å². The van der Waals surface area contributed by atoms with Crippen LogP contribution in [0.25, 0.3) is 16.8 Å². The smallest absolute Gasteiger partial charge is 0.434 e. The highest BCUT2D eigenvalue weighted by molar-refractivity contribution is 5.68. The van der Waals surface area contributed by atoms with Gasteiger partial charge >= 0.3 is 12.4 Å². The van der Waals surface area contributed by atoms with Crippen molar-refractivity contribution in [3.05, 3.63) is 64.2 Å². The molecule has 0 spiro atoms. The molecule has 0 atom stereocenters. The predicted octanol–water partition coefficient (Wildman–Crippen LogP) is 4.88. The predicted molar refractivity (Wildman–Crippen MR) is 92.8 cm³/mol. The minimum atomic E-state index is -4.92.